The lowest BCUT2D eigenvalue weighted by Gasteiger charge is -2.42. The Morgan fingerprint density at radius 1 is 0.767 bits per heavy atom. The molecule has 2 aliphatic heterocycles. The maximum Gasteiger partial charge on any atom is 0.204 e. The smallest absolute Gasteiger partial charge is 0.204 e. The number of aliphatic hydroxyl groups excluding tert-OH is 4. The number of fused-ring (bicyclic) bond motifs is 2. The summed E-state index contributed by atoms with van der Waals surface area (Å²) >= 11 is 14.9. The zero-order valence-corrected chi connectivity index (χ0v) is 37.0. The Bertz CT molecular complexity index is 2200. The molecule has 0 aliphatic carbocycles. The molecule has 5 unspecified atom stereocenters. The molecule has 4 aromatic rings. The number of nitrogens with zero attached hydrogens (tertiary/aromatic N) is 8. The summed E-state index contributed by atoms with van der Waals surface area (Å²) < 4.78 is 71.1. The van der Waals surface area contributed by atoms with Gasteiger partial charge in [-0.3, -0.25) is 22.3 Å². The summed E-state index contributed by atoms with van der Waals surface area (Å²) in [5.74, 6) is 0.792. The van der Waals surface area contributed by atoms with Gasteiger partial charge < -0.3 is 85.6 Å². The summed E-state index contributed by atoms with van der Waals surface area (Å²) in [6.07, 6.45) is -5.89. The molecule has 6 rings (SSSR count). The first kappa shape index (κ1) is 47.6. The van der Waals surface area contributed by atoms with Gasteiger partial charge in [-0.05, 0) is 12.8 Å². The van der Waals surface area contributed by atoms with Crippen molar-refractivity contribution in [2.24, 2.45) is 0 Å². The average molecular weight is 981 g/mol. The van der Waals surface area contributed by atoms with Crippen molar-refractivity contribution >= 4 is 98.3 Å². The van der Waals surface area contributed by atoms with Crippen LogP contribution in [-0.2, 0) is 64.9 Å². The van der Waals surface area contributed by atoms with Crippen molar-refractivity contribution in [2.75, 3.05) is 36.9 Å². The van der Waals surface area contributed by atoms with Gasteiger partial charge in [0, 0.05) is 13.1 Å². The molecule has 6 heterocycles. The Kier molecular flexibility index (Phi) is 15.2. The lowest BCUT2D eigenvalue weighted by molar-refractivity contribution is -0.221. The number of rotatable bonds is 20. The van der Waals surface area contributed by atoms with E-state index < -0.39 is 95.9 Å². The number of anilines is 2. The van der Waals surface area contributed by atoms with E-state index in [0.717, 1.165) is 12.8 Å². The molecule has 2 aliphatic rings. The van der Waals surface area contributed by atoms with Crippen molar-refractivity contribution in [3.05, 3.63) is 25.3 Å². The quantitative estimate of drug-likeness (QED) is 0.0369. The van der Waals surface area contributed by atoms with E-state index in [4.69, 9.17) is 30.1 Å². The molecule has 2 saturated heterocycles. The maximum absolute atomic E-state index is 12.9. The second-order valence-electron chi connectivity index (χ2n) is 13.1. The Morgan fingerprint density at radius 3 is 1.65 bits per heavy atom. The van der Waals surface area contributed by atoms with Gasteiger partial charge in [-0.15, -0.1) is 11.6 Å². The zero-order chi connectivity index (χ0) is 43.8. The van der Waals surface area contributed by atoms with Crippen LogP contribution in [0.15, 0.2) is 25.3 Å². The standard InChI is InChI=1S/C27H41ClN10O16P4S2/c1-3-5-29-21-15-23(33-9-31-21)37(11-35-15)25-19(41)17(39)13(51-25)7-49-57(47,59)53-55(43,44)27(28)56(45,46)54-58(48,60)50-8-14-18(40)20(42)26(52-14)38-12-36-16-22(30-6-4-2)32-10-34-24(16)38/h9-14,17-20,25-27,39-42H,3-8H2,1-2H3,(H,43,44)(H,45,46)(H,47,59)(H,48,60)(H,29,31,33)(H,30,32,34)/p-4/t13-,14-,17-,18-,19-,20-,25-,26-,27?,57?,58?/m1/s1. The fraction of sp³-hybridized carbons (Fsp3) is 0.630. The summed E-state index contributed by atoms with van der Waals surface area (Å²) in [5.41, 5.74) is 1.05. The van der Waals surface area contributed by atoms with Crippen LogP contribution >= 0.6 is 40.3 Å². The minimum absolute atomic E-state index is 0.207. The third kappa shape index (κ3) is 10.4. The SMILES string of the molecule is CCCNc1ncnc2c1ncn2[C@@H]1O[C@H](COP(=O)([S-])OP(=O)([O-])C(Cl)P(=O)([O-])OP([O-])(=S)OC[C@H]2O[C@@H](n3cnc4c(NCCC)ncnc43)[C@H](O)[C@@H]2O)[C@@H](O)[C@H]1O. The lowest BCUT2D eigenvalue weighted by Crippen LogP contribution is -2.34. The van der Waals surface area contributed by atoms with Crippen LogP contribution in [0.25, 0.3) is 22.3 Å². The number of halogens is 1. The molecule has 33 heteroatoms. The molecule has 26 nitrogen and oxygen atoms in total. The summed E-state index contributed by atoms with van der Waals surface area (Å²) in [6, 6.07) is 0. The maximum atomic E-state index is 12.9. The van der Waals surface area contributed by atoms with E-state index in [2.05, 4.69) is 73.2 Å². The van der Waals surface area contributed by atoms with Crippen LogP contribution in [0.5, 0.6) is 0 Å². The van der Waals surface area contributed by atoms with Crippen molar-refractivity contribution in [2.45, 2.75) is 80.6 Å². The summed E-state index contributed by atoms with van der Waals surface area (Å²) in [6.45, 7) is -7.37. The fourth-order valence-electron chi connectivity index (χ4n) is 5.92. The number of hydrogen-bond donors (Lipinski definition) is 6. The molecule has 0 bridgehead atoms. The number of ether oxygens (including phenoxy) is 2. The first-order chi connectivity index (χ1) is 28.2. The minimum Gasteiger partial charge on any atom is -0.779 e. The highest BCUT2D eigenvalue weighted by Gasteiger charge is 2.47. The highest BCUT2D eigenvalue weighted by Crippen LogP contribution is 2.72. The van der Waals surface area contributed by atoms with Crippen LogP contribution in [0.2, 0.25) is 0 Å². The van der Waals surface area contributed by atoms with E-state index in [9.17, 15) is 48.8 Å². The van der Waals surface area contributed by atoms with Crippen LogP contribution < -0.4 is 25.3 Å². The van der Waals surface area contributed by atoms with Crippen LogP contribution in [0, 0.1) is 0 Å². The molecule has 6 N–H and O–H groups in total. The van der Waals surface area contributed by atoms with Gasteiger partial charge >= 0.3 is 0 Å². The summed E-state index contributed by atoms with van der Waals surface area (Å²) in [7, 11) is -12.2. The van der Waals surface area contributed by atoms with Crippen LogP contribution in [-0.4, -0.2) is 127 Å². The van der Waals surface area contributed by atoms with Gasteiger partial charge in [-0.1, -0.05) is 25.7 Å². The first-order valence-corrected chi connectivity index (χ1v) is 26.4. The van der Waals surface area contributed by atoms with Crippen molar-refractivity contribution in [1.82, 2.24) is 39.0 Å². The molecule has 0 aromatic carbocycles. The van der Waals surface area contributed by atoms with Gasteiger partial charge in [-0.25, -0.2) is 29.9 Å². The third-order valence-corrected chi connectivity index (χ3v) is 19.1. The summed E-state index contributed by atoms with van der Waals surface area (Å²) in [4.78, 5) is 60.4. The number of hydrogen-bond acceptors (Lipinski definition) is 26. The Labute approximate surface area is 355 Å². The fourth-order valence-corrected chi connectivity index (χ4v) is 14.6. The largest absolute Gasteiger partial charge is 0.779 e. The second-order valence-corrected chi connectivity index (χ2v) is 24.0. The Balaban J connectivity index is 1.03. The summed E-state index contributed by atoms with van der Waals surface area (Å²) in [5, 5.41) is 48.9. The molecule has 4 aromatic heterocycles. The van der Waals surface area contributed by atoms with Gasteiger partial charge in [0.15, 0.2) is 66.5 Å². The number of aromatic nitrogens is 8. The minimum atomic E-state index is -6.12. The van der Waals surface area contributed by atoms with Gasteiger partial charge in [0.25, 0.3) is 0 Å². The van der Waals surface area contributed by atoms with E-state index in [1.165, 1.54) is 34.4 Å². The van der Waals surface area contributed by atoms with Gasteiger partial charge in [0.05, 0.1) is 25.9 Å². The average Bonchev–Trinajstić information content (AvgIpc) is 3.95. The molecule has 13 atom stereocenters. The Hall–Kier alpha value is -1.84. The van der Waals surface area contributed by atoms with Crippen LogP contribution in [0.4, 0.5) is 11.6 Å². The molecular formula is C27H37ClN10O16P4S2-4. The normalized spacial score (nSPS) is 29.2. The molecule has 2 fully saturated rings. The number of imidazole rings is 2. The highest BCUT2D eigenvalue weighted by atomic mass is 35.5. The molecular weight excluding hydrogens is 944 g/mol. The van der Waals surface area contributed by atoms with Crippen LogP contribution in [0.3, 0.4) is 0 Å². The van der Waals surface area contributed by atoms with E-state index in [-0.39, 0.29) is 11.3 Å². The predicted octanol–water partition coefficient (Wildman–Crippen LogP) is -0.516. The van der Waals surface area contributed by atoms with Gasteiger partial charge in [0.1, 0.15) is 56.0 Å². The Morgan fingerprint density at radius 2 is 1.20 bits per heavy atom. The number of alkyl halides is 1. The highest BCUT2D eigenvalue weighted by molar-refractivity contribution is 8.33. The molecule has 0 amide bonds. The topological polar surface area (TPSA) is 368 Å². The predicted molar refractivity (Wildman–Crippen MR) is 208 cm³/mol. The number of nitrogens with one attached hydrogen (secondary N) is 2. The van der Waals surface area contributed by atoms with E-state index in [0.29, 0.717) is 35.8 Å². The van der Waals surface area contributed by atoms with Gasteiger partial charge in [-0.2, -0.15) is 0 Å². The lowest BCUT2D eigenvalue weighted by atomic mass is 10.1. The molecule has 60 heavy (non-hydrogen) atoms. The molecule has 334 valence electrons. The van der Waals surface area contributed by atoms with E-state index in [1.807, 2.05) is 13.8 Å². The monoisotopic (exact) mass is 980 g/mol. The first-order valence-electron chi connectivity index (χ1n) is 17.7. The van der Waals surface area contributed by atoms with Crippen molar-refractivity contribution < 1.29 is 75.9 Å². The zero-order valence-electron chi connectivity index (χ0n) is 31.0. The van der Waals surface area contributed by atoms with Crippen LogP contribution in [0.1, 0.15) is 39.1 Å². The van der Waals surface area contributed by atoms with Gasteiger partial charge in [0.2, 0.25) is 6.80 Å². The number of aliphatic hydroxyl groups is 4. The van der Waals surface area contributed by atoms with Crippen molar-refractivity contribution in [3.63, 3.8) is 0 Å². The second kappa shape index (κ2) is 19.1. The molecule has 0 saturated carbocycles. The third-order valence-electron chi connectivity index (χ3n) is 8.77. The van der Waals surface area contributed by atoms with Crippen molar-refractivity contribution in [3.8, 4) is 0 Å². The van der Waals surface area contributed by atoms with Crippen molar-refractivity contribution in [1.29, 1.82) is 0 Å². The van der Waals surface area contributed by atoms with E-state index in [1.54, 1.807) is 0 Å². The molecule has 0 radical (unpaired) electrons. The molecule has 0 spiro atoms. The van der Waals surface area contributed by atoms with E-state index >= 15 is 0 Å².